The highest BCUT2D eigenvalue weighted by Gasteiger charge is 2.27. The highest BCUT2D eigenvalue weighted by Crippen LogP contribution is 2.27. The Labute approximate surface area is 114 Å². The van der Waals surface area contributed by atoms with E-state index in [1.165, 1.54) is 0 Å². The van der Waals surface area contributed by atoms with E-state index in [9.17, 15) is 0 Å². The molecule has 0 aliphatic heterocycles. The Hall–Kier alpha value is -1.81. The number of nitrogens with two attached hydrogens (primary N) is 1. The van der Waals surface area contributed by atoms with E-state index in [0.717, 1.165) is 17.1 Å². The number of hydrogen-bond donors (Lipinski definition) is 1. The molecule has 1 unspecified atom stereocenters. The van der Waals surface area contributed by atoms with Gasteiger partial charge in [-0.1, -0.05) is 12.1 Å². The molecule has 1 heterocycles. The zero-order chi connectivity index (χ0) is 14.0. The van der Waals surface area contributed by atoms with Gasteiger partial charge in [0.2, 0.25) is 0 Å². The maximum atomic E-state index is 6.08. The lowest BCUT2D eigenvalue weighted by molar-refractivity contribution is 0.0952. The fourth-order valence-electron chi connectivity index (χ4n) is 2.15. The Morgan fingerprint density at radius 2 is 2.11 bits per heavy atom. The molecule has 0 aliphatic carbocycles. The molecule has 2 rings (SSSR count). The van der Waals surface area contributed by atoms with Crippen LogP contribution in [0.2, 0.25) is 0 Å². The Kier molecular flexibility index (Phi) is 3.62. The third-order valence-corrected chi connectivity index (χ3v) is 3.12. The molecule has 102 valence electrons. The average molecular weight is 259 g/mol. The molecule has 0 spiro atoms. The zero-order valence-corrected chi connectivity index (χ0v) is 11.9. The van der Waals surface area contributed by atoms with Crippen LogP contribution in [0.15, 0.2) is 36.7 Å². The molecule has 0 radical (unpaired) electrons. The molecule has 1 aromatic heterocycles. The lowest BCUT2D eigenvalue weighted by atomic mass is 10.1. The number of benzene rings is 1. The standard InChI is InChI=1S/C15H21N3O/c1-11(16)12-6-5-7-13(10-12)19-15(2,3)14-17-8-9-18(14)4/h5-11H,16H2,1-4H3. The Morgan fingerprint density at radius 3 is 2.68 bits per heavy atom. The van der Waals surface area contributed by atoms with Crippen molar-refractivity contribution < 1.29 is 4.74 Å². The van der Waals surface area contributed by atoms with Crippen molar-refractivity contribution in [1.29, 1.82) is 0 Å². The van der Waals surface area contributed by atoms with Gasteiger partial charge in [0, 0.05) is 25.5 Å². The first-order valence-electron chi connectivity index (χ1n) is 6.42. The van der Waals surface area contributed by atoms with Gasteiger partial charge >= 0.3 is 0 Å². The van der Waals surface area contributed by atoms with Crippen molar-refractivity contribution in [1.82, 2.24) is 9.55 Å². The number of rotatable bonds is 4. The van der Waals surface area contributed by atoms with Crippen molar-refractivity contribution in [2.75, 3.05) is 0 Å². The molecule has 4 heteroatoms. The molecule has 0 bridgehead atoms. The van der Waals surface area contributed by atoms with Gasteiger partial charge in [-0.15, -0.1) is 0 Å². The molecule has 1 atom stereocenters. The van der Waals surface area contributed by atoms with Crippen LogP contribution in [-0.2, 0) is 12.6 Å². The van der Waals surface area contributed by atoms with Crippen molar-refractivity contribution >= 4 is 0 Å². The van der Waals surface area contributed by atoms with E-state index in [1.807, 2.05) is 62.8 Å². The van der Waals surface area contributed by atoms with Gasteiger partial charge in [0.05, 0.1) is 0 Å². The van der Waals surface area contributed by atoms with Crippen LogP contribution in [0, 0.1) is 0 Å². The normalized spacial score (nSPS) is 13.3. The maximum absolute atomic E-state index is 6.08. The first kappa shape index (κ1) is 13.6. The smallest absolute Gasteiger partial charge is 0.161 e. The third-order valence-electron chi connectivity index (χ3n) is 3.12. The lowest BCUT2D eigenvalue weighted by Gasteiger charge is -2.26. The van der Waals surface area contributed by atoms with Crippen LogP contribution in [0.4, 0.5) is 0 Å². The molecule has 0 saturated heterocycles. The summed E-state index contributed by atoms with van der Waals surface area (Å²) in [6.45, 7) is 5.98. The fourth-order valence-corrected chi connectivity index (χ4v) is 2.15. The van der Waals surface area contributed by atoms with Gasteiger partial charge in [0.15, 0.2) is 11.4 Å². The van der Waals surface area contributed by atoms with Gasteiger partial charge in [-0.25, -0.2) is 4.98 Å². The molecule has 4 nitrogen and oxygen atoms in total. The molecule has 2 N–H and O–H groups in total. The minimum Gasteiger partial charge on any atom is -0.480 e. The Morgan fingerprint density at radius 1 is 1.37 bits per heavy atom. The van der Waals surface area contributed by atoms with Crippen molar-refractivity contribution in [3.63, 3.8) is 0 Å². The summed E-state index contributed by atoms with van der Waals surface area (Å²) in [6.07, 6.45) is 3.69. The van der Waals surface area contributed by atoms with Gasteiger partial charge in [-0.2, -0.15) is 0 Å². The zero-order valence-electron chi connectivity index (χ0n) is 11.9. The van der Waals surface area contributed by atoms with Crippen LogP contribution in [-0.4, -0.2) is 9.55 Å². The lowest BCUT2D eigenvalue weighted by Crippen LogP contribution is -2.29. The predicted octanol–water partition coefficient (Wildman–Crippen LogP) is 2.75. The van der Waals surface area contributed by atoms with Crippen LogP contribution in [0.5, 0.6) is 5.75 Å². The van der Waals surface area contributed by atoms with Crippen molar-refractivity contribution in [3.05, 3.63) is 48.0 Å². The Bertz CT molecular complexity index is 558. The summed E-state index contributed by atoms with van der Waals surface area (Å²) in [6, 6.07) is 7.89. The second kappa shape index (κ2) is 5.05. The van der Waals surface area contributed by atoms with Crippen molar-refractivity contribution in [2.45, 2.75) is 32.4 Å². The molecule has 0 amide bonds. The summed E-state index contributed by atoms with van der Waals surface area (Å²) in [4.78, 5) is 4.35. The fraction of sp³-hybridized carbons (Fsp3) is 0.400. The number of nitrogens with zero attached hydrogens (tertiary/aromatic N) is 2. The second-order valence-corrected chi connectivity index (χ2v) is 5.34. The van der Waals surface area contributed by atoms with Crippen LogP contribution in [0.25, 0.3) is 0 Å². The molecular weight excluding hydrogens is 238 g/mol. The SMILES string of the molecule is CC(N)c1cccc(OC(C)(C)c2nccn2C)c1. The van der Waals surface area contributed by atoms with E-state index in [4.69, 9.17) is 10.5 Å². The first-order valence-corrected chi connectivity index (χ1v) is 6.42. The van der Waals surface area contributed by atoms with Gasteiger partial charge < -0.3 is 15.0 Å². The minimum absolute atomic E-state index is 0.000163. The molecule has 0 aliphatic rings. The topological polar surface area (TPSA) is 53.1 Å². The highest BCUT2D eigenvalue weighted by atomic mass is 16.5. The summed E-state index contributed by atoms with van der Waals surface area (Å²) in [5.74, 6) is 1.70. The summed E-state index contributed by atoms with van der Waals surface area (Å²) in [7, 11) is 1.96. The summed E-state index contributed by atoms with van der Waals surface area (Å²) in [5.41, 5.74) is 6.46. The number of aromatic nitrogens is 2. The van der Waals surface area contributed by atoms with Gasteiger partial charge in [-0.05, 0) is 38.5 Å². The van der Waals surface area contributed by atoms with Crippen LogP contribution < -0.4 is 10.5 Å². The minimum atomic E-state index is -0.491. The van der Waals surface area contributed by atoms with E-state index >= 15 is 0 Å². The molecule has 1 aromatic carbocycles. The number of hydrogen-bond acceptors (Lipinski definition) is 3. The monoisotopic (exact) mass is 259 g/mol. The van der Waals surface area contributed by atoms with E-state index in [2.05, 4.69) is 4.98 Å². The van der Waals surface area contributed by atoms with Crippen molar-refractivity contribution in [3.8, 4) is 5.75 Å². The molecule has 19 heavy (non-hydrogen) atoms. The summed E-state index contributed by atoms with van der Waals surface area (Å²) in [5, 5.41) is 0. The number of imidazole rings is 1. The predicted molar refractivity (Wildman–Crippen MR) is 75.9 cm³/mol. The summed E-state index contributed by atoms with van der Waals surface area (Å²) >= 11 is 0. The van der Waals surface area contributed by atoms with Crippen LogP contribution in [0.1, 0.15) is 38.2 Å². The second-order valence-electron chi connectivity index (χ2n) is 5.34. The highest BCUT2D eigenvalue weighted by molar-refractivity contribution is 5.31. The quantitative estimate of drug-likeness (QED) is 0.918. The van der Waals surface area contributed by atoms with Gasteiger partial charge in [0.1, 0.15) is 5.75 Å². The molecule has 0 fully saturated rings. The van der Waals surface area contributed by atoms with Crippen LogP contribution >= 0.6 is 0 Å². The van der Waals surface area contributed by atoms with E-state index in [-0.39, 0.29) is 6.04 Å². The number of aryl methyl sites for hydroxylation is 1. The summed E-state index contributed by atoms with van der Waals surface area (Å²) < 4.78 is 8.05. The van der Waals surface area contributed by atoms with Crippen LogP contribution in [0.3, 0.4) is 0 Å². The largest absolute Gasteiger partial charge is 0.480 e. The molecule has 2 aromatic rings. The van der Waals surface area contributed by atoms with E-state index < -0.39 is 5.60 Å². The van der Waals surface area contributed by atoms with Gasteiger partial charge in [0.25, 0.3) is 0 Å². The van der Waals surface area contributed by atoms with E-state index in [1.54, 1.807) is 6.20 Å². The van der Waals surface area contributed by atoms with Crippen molar-refractivity contribution in [2.24, 2.45) is 12.8 Å². The molecular formula is C15H21N3O. The first-order chi connectivity index (χ1) is 8.90. The van der Waals surface area contributed by atoms with E-state index in [0.29, 0.717) is 0 Å². The third kappa shape index (κ3) is 2.96. The Balaban J connectivity index is 2.25. The number of ether oxygens (including phenoxy) is 1. The molecule has 0 saturated carbocycles. The van der Waals surface area contributed by atoms with Gasteiger partial charge in [-0.3, -0.25) is 0 Å². The average Bonchev–Trinajstić information content (AvgIpc) is 2.76. The maximum Gasteiger partial charge on any atom is 0.161 e.